The van der Waals surface area contributed by atoms with E-state index in [-0.39, 0.29) is 0 Å². The van der Waals surface area contributed by atoms with Crippen LogP contribution in [0.2, 0.25) is 0 Å². The highest BCUT2D eigenvalue weighted by molar-refractivity contribution is 14.1. The zero-order valence-electron chi connectivity index (χ0n) is 5.10. The van der Waals surface area contributed by atoms with E-state index in [0.717, 1.165) is 10.9 Å². The van der Waals surface area contributed by atoms with Crippen LogP contribution in [0.1, 0.15) is 0 Å². The number of H-pyrrole nitrogens is 1. The van der Waals surface area contributed by atoms with Crippen molar-refractivity contribution in [1.29, 1.82) is 0 Å². The number of hydrogen-bond acceptors (Lipinski definition) is 3. The fourth-order valence-electron chi connectivity index (χ4n) is 0.510. The van der Waals surface area contributed by atoms with Crippen LogP contribution in [0.4, 0.5) is 4.39 Å². The fourth-order valence-corrected chi connectivity index (χ4v) is 0.869. The maximum absolute atomic E-state index is 12.4. The van der Waals surface area contributed by atoms with Gasteiger partial charge in [0.15, 0.2) is 0 Å². The summed E-state index contributed by atoms with van der Waals surface area (Å²) in [6.45, 7) is 0. The number of nitrogens with zero attached hydrogens (tertiary/aromatic N) is 1. The van der Waals surface area contributed by atoms with Gasteiger partial charge in [0.05, 0.1) is 29.1 Å². The Labute approximate surface area is 73.7 Å². The Morgan fingerprint density at radius 3 is 2.82 bits per heavy atom. The first-order valence-corrected chi connectivity index (χ1v) is 3.61. The second-order valence-corrected chi connectivity index (χ2v) is 2.17. The van der Waals surface area contributed by atoms with E-state index >= 15 is 0 Å². The molecule has 0 spiro atoms. The maximum atomic E-state index is 12.4. The molecular weight excluding hydrogens is 268 g/mol. The van der Waals surface area contributed by atoms with Gasteiger partial charge in [0.1, 0.15) is 0 Å². The summed E-state index contributed by atoms with van der Waals surface area (Å²) < 4.78 is 15.5. The maximum Gasteiger partial charge on any atom is 0.347 e. The molecule has 0 amide bonds. The van der Waals surface area contributed by atoms with E-state index in [1.807, 2.05) is 0 Å². The third kappa shape index (κ3) is 1.59. The molecule has 1 aromatic heterocycles. The molecule has 0 aromatic carbocycles. The van der Waals surface area contributed by atoms with Crippen molar-refractivity contribution in [2.75, 3.05) is 3.64 Å². The van der Waals surface area contributed by atoms with Gasteiger partial charge in [0.2, 0.25) is 5.82 Å². The summed E-state index contributed by atoms with van der Waals surface area (Å²) in [5.74, 6) is -1.01. The normalized spacial score (nSPS) is 9.64. The average molecular weight is 271 g/mol. The van der Waals surface area contributed by atoms with Crippen molar-refractivity contribution in [1.82, 2.24) is 9.66 Å². The Morgan fingerprint density at radius 1 is 1.64 bits per heavy atom. The van der Waals surface area contributed by atoms with Gasteiger partial charge in [-0.25, -0.2) is 9.47 Å². The number of aromatic amines is 1. The molecule has 7 heteroatoms. The molecule has 0 atom stereocenters. The lowest BCUT2D eigenvalue weighted by atomic mass is 10.6. The van der Waals surface area contributed by atoms with Crippen LogP contribution in [0.5, 0.6) is 0 Å². The number of aromatic nitrogens is 2. The van der Waals surface area contributed by atoms with E-state index in [0.29, 0.717) is 0 Å². The van der Waals surface area contributed by atoms with Crippen LogP contribution in [0.25, 0.3) is 0 Å². The minimum Gasteiger partial charge on any atom is -0.270 e. The average Bonchev–Trinajstić information content (AvgIpc) is 1.97. The highest BCUT2D eigenvalue weighted by atomic mass is 127. The Hall–Kier alpha value is -0.860. The minimum atomic E-state index is -1.02. The first-order valence-electron chi connectivity index (χ1n) is 2.53. The van der Waals surface area contributed by atoms with Gasteiger partial charge < -0.3 is 0 Å². The Kier molecular flexibility index (Phi) is 2.27. The second kappa shape index (κ2) is 3.03. The molecule has 0 bridgehead atoms. The predicted octanol–water partition coefficient (Wildman–Crippen LogP) is -0.431. The number of halogens is 2. The van der Waals surface area contributed by atoms with Crippen LogP contribution in [-0.2, 0) is 0 Å². The van der Waals surface area contributed by atoms with Crippen LogP contribution in [0, 0.1) is 5.82 Å². The lowest BCUT2D eigenvalue weighted by Crippen LogP contribution is -2.33. The molecule has 1 heterocycles. The molecule has 11 heavy (non-hydrogen) atoms. The third-order valence-electron chi connectivity index (χ3n) is 0.990. The summed E-state index contributed by atoms with van der Waals surface area (Å²) in [6, 6.07) is 0. The lowest BCUT2D eigenvalue weighted by Gasteiger charge is -1.98. The molecular formula is C4H3FIN3O2. The number of nitrogens with one attached hydrogen (secondary N) is 2. The predicted molar refractivity (Wildman–Crippen MR) is 44.7 cm³/mol. The van der Waals surface area contributed by atoms with Gasteiger partial charge in [-0.3, -0.25) is 13.4 Å². The molecule has 1 rings (SSSR count). The minimum absolute atomic E-state index is 0.703. The summed E-state index contributed by atoms with van der Waals surface area (Å²) in [5, 5.41) is 0. The quantitative estimate of drug-likeness (QED) is 0.538. The molecule has 5 nitrogen and oxygen atoms in total. The van der Waals surface area contributed by atoms with Gasteiger partial charge in [-0.1, -0.05) is 0 Å². The zero-order chi connectivity index (χ0) is 8.43. The van der Waals surface area contributed by atoms with Crippen molar-refractivity contribution in [2.45, 2.75) is 0 Å². The molecule has 60 valence electrons. The Morgan fingerprint density at radius 2 is 2.27 bits per heavy atom. The third-order valence-corrected chi connectivity index (χ3v) is 1.51. The second-order valence-electron chi connectivity index (χ2n) is 1.69. The van der Waals surface area contributed by atoms with Crippen molar-refractivity contribution >= 4 is 22.9 Å². The van der Waals surface area contributed by atoms with Gasteiger partial charge in [-0.2, -0.15) is 4.39 Å². The van der Waals surface area contributed by atoms with Crippen LogP contribution in [0.3, 0.4) is 0 Å². The zero-order valence-corrected chi connectivity index (χ0v) is 7.25. The standard InChI is InChI=1S/C4H3FIN3O2/c5-2-1-9(8-6)4(11)7-3(2)10/h1,8H,(H,7,10,11). The van der Waals surface area contributed by atoms with Gasteiger partial charge in [-0.05, 0) is 0 Å². The van der Waals surface area contributed by atoms with E-state index in [1.54, 1.807) is 27.8 Å². The monoisotopic (exact) mass is 271 g/mol. The van der Waals surface area contributed by atoms with Crippen LogP contribution < -0.4 is 14.9 Å². The SMILES string of the molecule is O=c1[nH]c(=O)n(NI)cc1F. The van der Waals surface area contributed by atoms with E-state index < -0.39 is 17.1 Å². The number of hydrogen-bond donors (Lipinski definition) is 2. The largest absolute Gasteiger partial charge is 0.347 e. The molecule has 0 radical (unpaired) electrons. The molecule has 0 aliphatic heterocycles. The first kappa shape index (κ1) is 8.24. The van der Waals surface area contributed by atoms with Crippen LogP contribution >= 0.6 is 22.9 Å². The van der Waals surface area contributed by atoms with Crippen molar-refractivity contribution in [2.24, 2.45) is 0 Å². The van der Waals surface area contributed by atoms with E-state index in [4.69, 9.17) is 0 Å². The summed E-state index contributed by atoms with van der Waals surface area (Å²) in [7, 11) is 0. The molecule has 0 saturated heterocycles. The van der Waals surface area contributed by atoms with E-state index in [2.05, 4.69) is 3.64 Å². The highest BCUT2D eigenvalue weighted by Crippen LogP contribution is 1.82. The summed E-state index contributed by atoms with van der Waals surface area (Å²) >= 11 is 1.63. The fraction of sp³-hybridized carbons (Fsp3) is 0. The van der Waals surface area contributed by atoms with Crippen molar-refractivity contribution < 1.29 is 4.39 Å². The topological polar surface area (TPSA) is 66.9 Å². The highest BCUT2D eigenvalue weighted by Gasteiger charge is 2.00. The number of rotatable bonds is 1. The molecule has 1 aromatic rings. The molecule has 0 fully saturated rings. The van der Waals surface area contributed by atoms with Crippen molar-refractivity contribution in [3.05, 3.63) is 32.9 Å². The Bertz CT molecular complexity index is 370. The first-order chi connectivity index (χ1) is 5.15. The molecule has 2 N–H and O–H groups in total. The summed E-state index contributed by atoms with van der Waals surface area (Å²) in [4.78, 5) is 22.9. The molecule has 0 aliphatic carbocycles. The van der Waals surface area contributed by atoms with Gasteiger partial charge in [0, 0.05) is 0 Å². The van der Waals surface area contributed by atoms with Crippen molar-refractivity contribution in [3.8, 4) is 0 Å². The van der Waals surface area contributed by atoms with Gasteiger partial charge >= 0.3 is 5.69 Å². The van der Waals surface area contributed by atoms with Gasteiger partial charge in [-0.15, -0.1) is 0 Å². The van der Waals surface area contributed by atoms with Gasteiger partial charge in [0.25, 0.3) is 5.56 Å². The van der Waals surface area contributed by atoms with Crippen LogP contribution in [0.15, 0.2) is 15.8 Å². The summed E-state index contributed by atoms with van der Waals surface area (Å²) in [6.07, 6.45) is 0.771. The van der Waals surface area contributed by atoms with Crippen molar-refractivity contribution in [3.63, 3.8) is 0 Å². The van der Waals surface area contributed by atoms with Crippen LogP contribution in [-0.4, -0.2) is 9.66 Å². The Balaban J connectivity index is 3.45. The smallest absolute Gasteiger partial charge is 0.270 e. The summed E-state index contributed by atoms with van der Waals surface area (Å²) in [5.41, 5.74) is -1.72. The van der Waals surface area contributed by atoms with E-state index in [1.165, 1.54) is 0 Å². The lowest BCUT2D eigenvalue weighted by molar-refractivity contribution is 0.584. The molecule has 0 unspecified atom stereocenters. The molecule has 0 saturated carbocycles. The van der Waals surface area contributed by atoms with E-state index in [9.17, 15) is 14.0 Å². The molecule has 0 aliphatic rings.